The van der Waals surface area contributed by atoms with E-state index in [9.17, 15) is 10.2 Å². The monoisotopic (exact) mass is 259 g/mol. The van der Waals surface area contributed by atoms with Gasteiger partial charge >= 0.3 is 0 Å². The van der Waals surface area contributed by atoms with Gasteiger partial charge in [-0.05, 0) is 37.3 Å². The first-order valence-corrected chi connectivity index (χ1v) is 6.19. The summed E-state index contributed by atoms with van der Waals surface area (Å²) >= 11 is 0. The average Bonchev–Trinajstić information content (AvgIpc) is 2.41. The highest BCUT2D eigenvalue weighted by atomic mass is 16.5. The highest BCUT2D eigenvalue weighted by Crippen LogP contribution is 2.26. The molecule has 19 heavy (non-hydrogen) atoms. The Balaban J connectivity index is 2.16. The van der Waals surface area contributed by atoms with Gasteiger partial charge in [-0.25, -0.2) is 0 Å². The van der Waals surface area contributed by atoms with Crippen LogP contribution in [0.25, 0.3) is 0 Å². The maximum Gasteiger partial charge on any atom is 0.128 e. The molecule has 1 aromatic heterocycles. The van der Waals surface area contributed by atoms with Gasteiger partial charge in [-0.2, -0.15) is 0 Å². The number of aliphatic hydroxyl groups is 1. The summed E-state index contributed by atoms with van der Waals surface area (Å²) in [5, 5.41) is 18.8. The molecule has 0 radical (unpaired) electrons. The molecule has 0 saturated carbocycles. The van der Waals surface area contributed by atoms with Crippen molar-refractivity contribution in [3.05, 3.63) is 54.4 Å². The molecule has 4 heteroatoms. The number of ether oxygens (including phenoxy) is 1. The van der Waals surface area contributed by atoms with E-state index in [2.05, 4.69) is 4.98 Å². The van der Waals surface area contributed by atoms with Gasteiger partial charge in [-0.1, -0.05) is 6.07 Å². The molecule has 2 aromatic rings. The zero-order valence-electron chi connectivity index (χ0n) is 10.7. The summed E-state index contributed by atoms with van der Waals surface area (Å²) in [6.07, 6.45) is 3.17. The molecule has 1 aromatic carbocycles. The number of pyridine rings is 1. The number of aliphatic hydroxyl groups excluding tert-OH is 1. The minimum Gasteiger partial charge on any atom is -0.508 e. The fraction of sp³-hybridized carbons (Fsp3) is 0.267. The average molecular weight is 259 g/mol. The van der Waals surface area contributed by atoms with Gasteiger partial charge in [0.05, 0.1) is 6.10 Å². The van der Waals surface area contributed by atoms with Gasteiger partial charge in [0, 0.05) is 24.4 Å². The Morgan fingerprint density at radius 3 is 2.53 bits per heavy atom. The van der Waals surface area contributed by atoms with Crippen LogP contribution in [0.15, 0.2) is 48.8 Å². The van der Waals surface area contributed by atoms with Crippen LogP contribution in [-0.2, 0) is 0 Å². The molecule has 2 rings (SSSR count). The minimum absolute atomic E-state index is 0.195. The standard InChI is InChI=1S/C15H17NO3/c1-11(17)9-15(12-3-2-8-16-10-12)19-14-6-4-13(18)5-7-14/h2-8,10-11,15,17-18H,9H2,1H3. The Kier molecular flexibility index (Phi) is 4.36. The number of phenols is 1. The Labute approximate surface area is 112 Å². The van der Waals surface area contributed by atoms with E-state index in [1.807, 2.05) is 12.1 Å². The van der Waals surface area contributed by atoms with Crippen molar-refractivity contribution >= 4 is 0 Å². The predicted octanol–water partition coefficient (Wildman–Crippen LogP) is 2.68. The number of aromatic hydroxyl groups is 1. The first-order valence-electron chi connectivity index (χ1n) is 6.19. The molecule has 0 amide bonds. The molecule has 0 spiro atoms. The van der Waals surface area contributed by atoms with Crippen LogP contribution in [0.1, 0.15) is 25.0 Å². The van der Waals surface area contributed by atoms with Crippen molar-refractivity contribution in [2.45, 2.75) is 25.6 Å². The first kappa shape index (κ1) is 13.4. The Morgan fingerprint density at radius 1 is 1.21 bits per heavy atom. The maximum absolute atomic E-state index is 9.57. The van der Waals surface area contributed by atoms with E-state index >= 15 is 0 Å². The van der Waals surface area contributed by atoms with Crippen LogP contribution in [0.3, 0.4) is 0 Å². The Morgan fingerprint density at radius 2 is 1.95 bits per heavy atom. The molecule has 0 aliphatic carbocycles. The molecule has 100 valence electrons. The summed E-state index contributed by atoms with van der Waals surface area (Å²) in [5.74, 6) is 0.841. The Hall–Kier alpha value is -2.07. The summed E-state index contributed by atoms with van der Waals surface area (Å²) in [4.78, 5) is 4.07. The van der Waals surface area contributed by atoms with Crippen molar-refractivity contribution in [1.82, 2.24) is 4.98 Å². The van der Waals surface area contributed by atoms with Crippen LogP contribution in [0.2, 0.25) is 0 Å². The number of aromatic nitrogens is 1. The summed E-state index contributed by atoms with van der Waals surface area (Å²) in [6.45, 7) is 1.73. The fourth-order valence-electron chi connectivity index (χ4n) is 1.82. The highest BCUT2D eigenvalue weighted by molar-refractivity contribution is 5.30. The van der Waals surface area contributed by atoms with Crippen LogP contribution in [0.5, 0.6) is 11.5 Å². The van der Waals surface area contributed by atoms with Crippen molar-refractivity contribution in [2.24, 2.45) is 0 Å². The van der Waals surface area contributed by atoms with Gasteiger partial charge in [0.25, 0.3) is 0 Å². The van der Waals surface area contributed by atoms with E-state index in [1.54, 1.807) is 43.6 Å². The molecule has 4 nitrogen and oxygen atoms in total. The summed E-state index contributed by atoms with van der Waals surface area (Å²) < 4.78 is 5.86. The van der Waals surface area contributed by atoms with Gasteiger partial charge in [-0.15, -0.1) is 0 Å². The molecular formula is C15H17NO3. The lowest BCUT2D eigenvalue weighted by Crippen LogP contribution is -2.14. The van der Waals surface area contributed by atoms with Crippen molar-refractivity contribution in [3.63, 3.8) is 0 Å². The van der Waals surface area contributed by atoms with Crippen molar-refractivity contribution in [2.75, 3.05) is 0 Å². The Bertz CT molecular complexity index is 497. The van der Waals surface area contributed by atoms with E-state index in [0.717, 1.165) is 5.56 Å². The fourth-order valence-corrected chi connectivity index (χ4v) is 1.82. The number of nitrogens with zero attached hydrogens (tertiary/aromatic N) is 1. The SMILES string of the molecule is CC(O)CC(Oc1ccc(O)cc1)c1cccnc1. The molecule has 0 aliphatic heterocycles. The van der Waals surface area contributed by atoms with Gasteiger partial charge in [0.2, 0.25) is 0 Å². The quantitative estimate of drug-likeness (QED) is 0.866. The minimum atomic E-state index is -0.470. The zero-order valence-corrected chi connectivity index (χ0v) is 10.7. The van der Waals surface area contributed by atoms with E-state index in [-0.39, 0.29) is 11.9 Å². The normalized spacial score (nSPS) is 13.8. The molecule has 0 saturated heterocycles. The third-order valence-electron chi connectivity index (χ3n) is 2.73. The van der Waals surface area contributed by atoms with Crippen molar-refractivity contribution < 1.29 is 14.9 Å². The lowest BCUT2D eigenvalue weighted by atomic mass is 10.1. The molecule has 2 N–H and O–H groups in total. The lowest BCUT2D eigenvalue weighted by molar-refractivity contribution is 0.106. The molecule has 2 atom stereocenters. The smallest absolute Gasteiger partial charge is 0.128 e. The van der Waals surface area contributed by atoms with E-state index in [4.69, 9.17) is 4.74 Å². The molecule has 0 fully saturated rings. The first-order chi connectivity index (χ1) is 9.15. The zero-order chi connectivity index (χ0) is 13.7. The highest BCUT2D eigenvalue weighted by Gasteiger charge is 2.16. The largest absolute Gasteiger partial charge is 0.508 e. The number of rotatable bonds is 5. The van der Waals surface area contributed by atoms with Crippen LogP contribution in [0, 0.1) is 0 Å². The number of benzene rings is 1. The van der Waals surface area contributed by atoms with Gasteiger partial charge in [-0.3, -0.25) is 4.98 Å². The number of hydrogen-bond acceptors (Lipinski definition) is 4. The van der Waals surface area contributed by atoms with E-state index in [0.29, 0.717) is 12.2 Å². The summed E-state index contributed by atoms with van der Waals surface area (Å²) in [5.41, 5.74) is 0.913. The summed E-state index contributed by atoms with van der Waals surface area (Å²) in [7, 11) is 0. The number of hydrogen-bond donors (Lipinski definition) is 2. The van der Waals surface area contributed by atoms with Crippen molar-refractivity contribution in [3.8, 4) is 11.5 Å². The second-order valence-corrected chi connectivity index (χ2v) is 4.47. The molecule has 0 aliphatic rings. The van der Waals surface area contributed by atoms with Crippen LogP contribution < -0.4 is 4.74 Å². The van der Waals surface area contributed by atoms with Gasteiger partial charge in [0.15, 0.2) is 0 Å². The molecule has 1 heterocycles. The topological polar surface area (TPSA) is 62.6 Å². The molecule has 0 bridgehead atoms. The second kappa shape index (κ2) is 6.20. The van der Waals surface area contributed by atoms with E-state index < -0.39 is 6.10 Å². The third kappa shape index (κ3) is 3.96. The van der Waals surface area contributed by atoms with E-state index in [1.165, 1.54) is 0 Å². The number of phenolic OH excluding ortho intramolecular Hbond substituents is 1. The summed E-state index contributed by atoms with van der Waals surface area (Å²) in [6, 6.07) is 10.3. The predicted molar refractivity (Wildman–Crippen MR) is 72.0 cm³/mol. The van der Waals surface area contributed by atoms with Crippen LogP contribution in [-0.4, -0.2) is 21.3 Å². The van der Waals surface area contributed by atoms with Crippen molar-refractivity contribution in [1.29, 1.82) is 0 Å². The van der Waals surface area contributed by atoms with Gasteiger partial charge < -0.3 is 14.9 Å². The third-order valence-corrected chi connectivity index (χ3v) is 2.73. The molecule has 2 unspecified atom stereocenters. The van der Waals surface area contributed by atoms with Gasteiger partial charge in [0.1, 0.15) is 17.6 Å². The molecular weight excluding hydrogens is 242 g/mol. The maximum atomic E-state index is 9.57. The van der Waals surface area contributed by atoms with Crippen LogP contribution in [0.4, 0.5) is 0 Å². The van der Waals surface area contributed by atoms with Crippen LogP contribution >= 0.6 is 0 Å². The second-order valence-electron chi connectivity index (χ2n) is 4.47. The lowest BCUT2D eigenvalue weighted by Gasteiger charge is -2.20.